The number of hydrogen-bond donors (Lipinski definition) is 1. The first-order valence-corrected chi connectivity index (χ1v) is 11.0. The number of aliphatic hydroxyl groups excluding tert-OH is 1. The van der Waals surface area contributed by atoms with Gasteiger partial charge in [0, 0.05) is 11.9 Å². The first-order chi connectivity index (χ1) is 11.0. The SMILES string of the molecule is CCCCCCCCC(CCCCCCCCCO)S(=O)(=O)[O-].[K+]. The fourth-order valence-corrected chi connectivity index (χ4v) is 3.86. The van der Waals surface area contributed by atoms with E-state index in [-0.39, 0.29) is 58.0 Å². The van der Waals surface area contributed by atoms with E-state index in [1.807, 2.05) is 0 Å². The van der Waals surface area contributed by atoms with E-state index in [1.54, 1.807) is 0 Å². The van der Waals surface area contributed by atoms with Gasteiger partial charge in [0.25, 0.3) is 0 Å². The van der Waals surface area contributed by atoms with Gasteiger partial charge in [-0.05, 0) is 19.3 Å². The van der Waals surface area contributed by atoms with E-state index in [9.17, 15) is 13.0 Å². The number of rotatable bonds is 17. The van der Waals surface area contributed by atoms with Crippen LogP contribution in [0.25, 0.3) is 0 Å². The second kappa shape index (κ2) is 19.3. The predicted octanol–water partition coefficient (Wildman–Crippen LogP) is 1.77. The summed E-state index contributed by atoms with van der Waals surface area (Å²) in [7, 11) is -4.14. The van der Waals surface area contributed by atoms with Crippen molar-refractivity contribution in [2.24, 2.45) is 0 Å². The van der Waals surface area contributed by atoms with Gasteiger partial charge in [0.1, 0.15) is 0 Å². The molecular formula is C18H37KO4S. The molecule has 24 heavy (non-hydrogen) atoms. The smallest absolute Gasteiger partial charge is 0.748 e. The average molecular weight is 389 g/mol. The van der Waals surface area contributed by atoms with E-state index < -0.39 is 15.4 Å². The third-order valence-electron chi connectivity index (χ3n) is 4.47. The van der Waals surface area contributed by atoms with Crippen LogP contribution in [0.3, 0.4) is 0 Å². The minimum atomic E-state index is -4.14. The van der Waals surface area contributed by atoms with Crippen molar-refractivity contribution in [3.05, 3.63) is 0 Å². The molecule has 4 nitrogen and oxygen atoms in total. The Morgan fingerprint density at radius 1 is 0.750 bits per heavy atom. The van der Waals surface area contributed by atoms with Crippen LogP contribution in [-0.2, 0) is 10.1 Å². The molecule has 0 aromatic rings. The van der Waals surface area contributed by atoms with Crippen molar-refractivity contribution in [2.75, 3.05) is 6.61 Å². The molecule has 1 atom stereocenters. The number of hydrogen-bond acceptors (Lipinski definition) is 4. The molecule has 0 aliphatic rings. The molecule has 0 amide bonds. The van der Waals surface area contributed by atoms with E-state index >= 15 is 0 Å². The summed E-state index contributed by atoms with van der Waals surface area (Å²) in [6, 6.07) is 0. The minimum absolute atomic E-state index is 0. The van der Waals surface area contributed by atoms with Crippen molar-refractivity contribution in [1.82, 2.24) is 0 Å². The zero-order chi connectivity index (χ0) is 17.4. The Balaban J connectivity index is 0. The van der Waals surface area contributed by atoms with Gasteiger partial charge in [0.2, 0.25) is 0 Å². The maximum Gasteiger partial charge on any atom is 1.00 e. The van der Waals surface area contributed by atoms with Crippen molar-refractivity contribution in [3.8, 4) is 0 Å². The van der Waals surface area contributed by atoms with Crippen molar-refractivity contribution < 1.29 is 69.5 Å². The molecule has 0 heterocycles. The first kappa shape index (κ1) is 27.7. The Morgan fingerprint density at radius 2 is 1.12 bits per heavy atom. The van der Waals surface area contributed by atoms with Crippen LogP contribution < -0.4 is 51.4 Å². The molecule has 1 unspecified atom stereocenters. The van der Waals surface area contributed by atoms with Gasteiger partial charge in [-0.2, -0.15) is 0 Å². The second-order valence-electron chi connectivity index (χ2n) is 6.66. The van der Waals surface area contributed by atoms with Crippen LogP contribution in [0.2, 0.25) is 0 Å². The molecular weight excluding hydrogens is 351 g/mol. The van der Waals surface area contributed by atoms with E-state index in [1.165, 1.54) is 19.3 Å². The summed E-state index contributed by atoms with van der Waals surface area (Å²) < 4.78 is 34.1. The summed E-state index contributed by atoms with van der Waals surface area (Å²) in [5.41, 5.74) is 0. The van der Waals surface area contributed by atoms with Crippen molar-refractivity contribution >= 4 is 10.1 Å². The molecule has 6 heteroatoms. The largest absolute Gasteiger partial charge is 1.00 e. The summed E-state index contributed by atoms with van der Waals surface area (Å²) >= 11 is 0. The summed E-state index contributed by atoms with van der Waals surface area (Å²) in [6.07, 6.45) is 14.9. The normalized spacial score (nSPS) is 12.8. The van der Waals surface area contributed by atoms with Gasteiger partial charge in [-0.15, -0.1) is 0 Å². The van der Waals surface area contributed by atoms with Crippen LogP contribution >= 0.6 is 0 Å². The molecule has 140 valence electrons. The average Bonchev–Trinajstić information content (AvgIpc) is 2.50. The van der Waals surface area contributed by atoms with Gasteiger partial charge in [0.05, 0.1) is 10.1 Å². The molecule has 1 N–H and O–H groups in total. The van der Waals surface area contributed by atoms with E-state index in [0.29, 0.717) is 12.8 Å². The molecule has 0 bridgehead atoms. The Kier molecular flexibility index (Phi) is 22.3. The maximum atomic E-state index is 11.4. The quantitative estimate of drug-likeness (QED) is 0.234. The molecule has 0 saturated heterocycles. The third kappa shape index (κ3) is 18.3. The minimum Gasteiger partial charge on any atom is -0.748 e. The molecule has 0 aliphatic heterocycles. The van der Waals surface area contributed by atoms with Crippen LogP contribution in [0.15, 0.2) is 0 Å². The van der Waals surface area contributed by atoms with Crippen LogP contribution in [-0.4, -0.2) is 29.9 Å². The predicted molar refractivity (Wildman–Crippen MR) is 95.5 cm³/mol. The Hall–Kier alpha value is 1.51. The van der Waals surface area contributed by atoms with Crippen molar-refractivity contribution in [3.63, 3.8) is 0 Å². The van der Waals surface area contributed by atoms with E-state index in [4.69, 9.17) is 5.11 Å². The number of unbranched alkanes of at least 4 members (excludes halogenated alkanes) is 11. The number of aliphatic hydroxyl groups is 1. The maximum absolute atomic E-state index is 11.4. The van der Waals surface area contributed by atoms with Crippen molar-refractivity contribution in [1.29, 1.82) is 0 Å². The fraction of sp³-hybridized carbons (Fsp3) is 1.00. The standard InChI is InChI=1S/C18H38O4S.K/c1-2-3-4-5-9-12-15-18(23(20,21)22)16-13-10-7-6-8-11-14-17-19;/h18-19H,2-17H2,1H3,(H,20,21,22);/q;+1/p-1. The zero-order valence-electron chi connectivity index (χ0n) is 16.0. The zero-order valence-corrected chi connectivity index (χ0v) is 19.9. The van der Waals surface area contributed by atoms with Gasteiger partial charge in [-0.25, -0.2) is 8.42 Å². The summed E-state index contributed by atoms with van der Waals surface area (Å²) in [6.45, 7) is 2.44. The Bertz CT molecular complexity index is 347. The van der Waals surface area contributed by atoms with Gasteiger partial charge in [0.15, 0.2) is 0 Å². The Morgan fingerprint density at radius 3 is 1.50 bits per heavy atom. The molecule has 0 saturated carbocycles. The van der Waals surface area contributed by atoms with Crippen molar-refractivity contribution in [2.45, 2.75) is 108 Å². The third-order valence-corrected chi connectivity index (χ3v) is 5.76. The van der Waals surface area contributed by atoms with E-state index in [0.717, 1.165) is 64.2 Å². The molecule has 0 radical (unpaired) electrons. The van der Waals surface area contributed by atoms with Crippen LogP contribution in [0.1, 0.15) is 103 Å². The van der Waals surface area contributed by atoms with Gasteiger partial charge < -0.3 is 9.66 Å². The first-order valence-electron chi connectivity index (χ1n) is 9.58. The van der Waals surface area contributed by atoms with E-state index in [2.05, 4.69) is 6.92 Å². The second-order valence-corrected chi connectivity index (χ2v) is 8.31. The molecule has 0 aromatic carbocycles. The van der Waals surface area contributed by atoms with Crippen LogP contribution in [0.4, 0.5) is 0 Å². The molecule has 0 spiro atoms. The molecule has 0 rings (SSSR count). The van der Waals surface area contributed by atoms with Gasteiger partial charge in [-0.3, -0.25) is 0 Å². The van der Waals surface area contributed by atoms with Gasteiger partial charge >= 0.3 is 51.4 Å². The summed E-state index contributed by atoms with van der Waals surface area (Å²) in [5, 5.41) is 8.01. The molecule has 0 aromatic heterocycles. The summed E-state index contributed by atoms with van der Waals surface area (Å²) in [5.74, 6) is 0. The topological polar surface area (TPSA) is 77.4 Å². The monoisotopic (exact) mass is 388 g/mol. The fourth-order valence-electron chi connectivity index (χ4n) is 2.95. The molecule has 0 fully saturated rings. The van der Waals surface area contributed by atoms with Crippen LogP contribution in [0, 0.1) is 0 Å². The van der Waals surface area contributed by atoms with Crippen LogP contribution in [0.5, 0.6) is 0 Å². The van der Waals surface area contributed by atoms with Gasteiger partial charge in [-0.1, -0.05) is 84.0 Å². The molecule has 0 aliphatic carbocycles. The Labute approximate surface area is 192 Å². The summed E-state index contributed by atoms with van der Waals surface area (Å²) in [4.78, 5) is 0.